The number of carbonyl (C=O) groups excluding carboxylic acids is 2. The van der Waals surface area contributed by atoms with E-state index in [1.807, 2.05) is 25.1 Å². The Kier molecular flexibility index (Phi) is 5.41. The van der Waals surface area contributed by atoms with E-state index in [9.17, 15) is 9.59 Å². The Bertz CT molecular complexity index is 784. The maximum Gasteiger partial charge on any atom is 0.260 e. The molecule has 3 rings (SSSR count). The number of nitrogens with zero attached hydrogens (tertiary/aromatic N) is 2. The smallest absolute Gasteiger partial charge is 0.260 e. The molecule has 136 valence electrons. The minimum atomic E-state index is -0.566. The number of amides is 2. The van der Waals surface area contributed by atoms with E-state index in [-0.39, 0.29) is 18.1 Å². The summed E-state index contributed by atoms with van der Waals surface area (Å²) in [7, 11) is 0. The van der Waals surface area contributed by atoms with Gasteiger partial charge in [0.1, 0.15) is 5.75 Å². The van der Waals surface area contributed by atoms with Crippen molar-refractivity contribution in [2.75, 3.05) is 37.7 Å². The van der Waals surface area contributed by atoms with Crippen LogP contribution in [-0.2, 0) is 4.79 Å². The molecule has 1 aliphatic heterocycles. The molecule has 2 N–H and O–H groups in total. The molecule has 2 aromatic carbocycles. The van der Waals surface area contributed by atoms with Gasteiger partial charge in [0.15, 0.2) is 6.61 Å². The summed E-state index contributed by atoms with van der Waals surface area (Å²) in [5.74, 6) is -0.299. The first-order valence-electron chi connectivity index (χ1n) is 8.65. The highest BCUT2D eigenvalue weighted by Crippen LogP contribution is 2.20. The normalized spacial score (nSPS) is 14.2. The lowest BCUT2D eigenvalue weighted by Crippen LogP contribution is -2.50. The summed E-state index contributed by atoms with van der Waals surface area (Å²) in [6, 6.07) is 15.3. The third-order valence-electron chi connectivity index (χ3n) is 4.51. The first-order valence-corrected chi connectivity index (χ1v) is 8.65. The third-order valence-corrected chi connectivity index (χ3v) is 4.51. The molecule has 2 aromatic rings. The number of benzene rings is 2. The first kappa shape index (κ1) is 17.8. The number of nitrogens with two attached hydrogens (primary N) is 1. The molecule has 0 unspecified atom stereocenters. The van der Waals surface area contributed by atoms with Crippen LogP contribution < -0.4 is 15.4 Å². The topological polar surface area (TPSA) is 75.9 Å². The molecule has 0 bridgehead atoms. The Morgan fingerprint density at radius 2 is 1.73 bits per heavy atom. The molecule has 1 saturated heterocycles. The summed E-state index contributed by atoms with van der Waals surface area (Å²) in [5, 5.41) is 0. The second kappa shape index (κ2) is 7.91. The minimum Gasteiger partial charge on any atom is -0.483 e. The monoisotopic (exact) mass is 353 g/mol. The highest BCUT2D eigenvalue weighted by Gasteiger charge is 2.22. The van der Waals surface area contributed by atoms with E-state index in [4.69, 9.17) is 10.5 Å². The van der Waals surface area contributed by atoms with Gasteiger partial charge in [0.05, 0.1) is 5.56 Å². The van der Waals surface area contributed by atoms with Crippen molar-refractivity contribution in [2.45, 2.75) is 6.92 Å². The van der Waals surface area contributed by atoms with E-state index in [0.717, 1.165) is 18.7 Å². The molecule has 0 atom stereocenters. The average Bonchev–Trinajstić information content (AvgIpc) is 2.66. The van der Waals surface area contributed by atoms with Crippen LogP contribution in [0.3, 0.4) is 0 Å². The van der Waals surface area contributed by atoms with Crippen molar-refractivity contribution in [2.24, 2.45) is 5.73 Å². The molecule has 2 amide bonds. The second-order valence-corrected chi connectivity index (χ2v) is 6.36. The largest absolute Gasteiger partial charge is 0.483 e. The predicted molar refractivity (Wildman–Crippen MR) is 100 cm³/mol. The van der Waals surface area contributed by atoms with Gasteiger partial charge in [-0.1, -0.05) is 24.3 Å². The van der Waals surface area contributed by atoms with Gasteiger partial charge in [0.25, 0.3) is 11.8 Å². The van der Waals surface area contributed by atoms with Crippen molar-refractivity contribution < 1.29 is 14.3 Å². The number of para-hydroxylation sites is 1. The number of ether oxygens (including phenoxy) is 1. The van der Waals surface area contributed by atoms with Crippen LogP contribution in [0.25, 0.3) is 0 Å². The summed E-state index contributed by atoms with van der Waals surface area (Å²) in [6.07, 6.45) is 0. The highest BCUT2D eigenvalue weighted by atomic mass is 16.5. The number of carbonyl (C=O) groups is 2. The molecule has 0 aromatic heterocycles. The number of anilines is 1. The van der Waals surface area contributed by atoms with Gasteiger partial charge < -0.3 is 20.3 Å². The van der Waals surface area contributed by atoms with Gasteiger partial charge >= 0.3 is 0 Å². The van der Waals surface area contributed by atoms with E-state index in [2.05, 4.69) is 17.0 Å². The van der Waals surface area contributed by atoms with Crippen molar-refractivity contribution in [1.29, 1.82) is 0 Å². The molecule has 0 spiro atoms. The SMILES string of the molecule is Cc1ccc(C(N)=O)c(OCC(=O)N2CCN(c3ccccc3)CC2)c1. The molecule has 6 heteroatoms. The van der Waals surface area contributed by atoms with E-state index in [1.54, 1.807) is 23.1 Å². The zero-order valence-corrected chi connectivity index (χ0v) is 14.9. The van der Waals surface area contributed by atoms with Crippen LogP contribution in [0, 0.1) is 6.92 Å². The third kappa shape index (κ3) is 4.14. The molecule has 6 nitrogen and oxygen atoms in total. The molecule has 0 saturated carbocycles. The van der Waals surface area contributed by atoms with Gasteiger partial charge in [0.2, 0.25) is 0 Å². The Hall–Kier alpha value is -3.02. The lowest BCUT2D eigenvalue weighted by atomic mass is 10.1. The second-order valence-electron chi connectivity index (χ2n) is 6.36. The van der Waals surface area contributed by atoms with Crippen LogP contribution in [0.1, 0.15) is 15.9 Å². The molecule has 26 heavy (non-hydrogen) atoms. The van der Waals surface area contributed by atoms with Gasteiger partial charge in [-0.2, -0.15) is 0 Å². The fraction of sp³-hybridized carbons (Fsp3) is 0.300. The van der Waals surface area contributed by atoms with E-state index >= 15 is 0 Å². The summed E-state index contributed by atoms with van der Waals surface area (Å²) < 4.78 is 5.60. The molecular weight excluding hydrogens is 330 g/mol. The molecule has 1 aliphatic rings. The van der Waals surface area contributed by atoms with Crippen molar-refractivity contribution in [3.05, 3.63) is 59.7 Å². The number of primary amides is 1. The van der Waals surface area contributed by atoms with Gasteiger partial charge in [-0.05, 0) is 36.8 Å². The van der Waals surface area contributed by atoms with Crippen molar-refractivity contribution in [3.63, 3.8) is 0 Å². The molecular formula is C20H23N3O3. The maximum absolute atomic E-state index is 12.4. The standard InChI is InChI=1S/C20H23N3O3/c1-15-7-8-17(20(21)25)18(13-15)26-14-19(24)23-11-9-22(10-12-23)16-5-3-2-4-6-16/h2-8,13H,9-12,14H2,1H3,(H2,21,25). The Labute approximate surface area is 153 Å². The summed E-state index contributed by atoms with van der Waals surface area (Å²) in [5.41, 5.74) is 7.76. The first-order chi connectivity index (χ1) is 12.5. The van der Waals surface area contributed by atoms with Gasteiger partial charge in [0, 0.05) is 31.9 Å². The minimum absolute atomic E-state index is 0.0883. The van der Waals surface area contributed by atoms with Crippen LogP contribution in [0.4, 0.5) is 5.69 Å². The van der Waals surface area contributed by atoms with Gasteiger partial charge in [-0.15, -0.1) is 0 Å². The zero-order valence-electron chi connectivity index (χ0n) is 14.9. The number of aryl methyl sites for hydroxylation is 1. The summed E-state index contributed by atoms with van der Waals surface area (Å²) in [6.45, 7) is 4.65. The number of hydrogen-bond donors (Lipinski definition) is 1. The van der Waals surface area contributed by atoms with Crippen molar-refractivity contribution in [3.8, 4) is 5.75 Å². The van der Waals surface area contributed by atoms with Crippen molar-refractivity contribution >= 4 is 17.5 Å². The zero-order chi connectivity index (χ0) is 18.5. The van der Waals surface area contributed by atoms with Gasteiger partial charge in [-0.3, -0.25) is 9.59 Å². The number of rotatable bonds is 5. The lowest BCUT2D eigenvalue weighted by Gasteiger charge is -2.36. The number of hydrogen-bond acceptors (Lipinski definition) is 4. The Morgan fingerprint density at radius 1 is 1.04 bits per heavy atom. The van der Waals surface area contributed by atoms with E-state index in [1.165, 1.54) is 5.69 Å². The van der Waals surface area contributed by atoms with Crippen LogP contribution in [0.5, 0.6) is 5.75 Å². The fourth-order valence-electron chi connectivity index (χ4n) is 3.04. The fourth-order valence-corrected chi connectivity index (χ4v) is 3.04. The summed E-state index contributed by atoms with van der Waals surface area (Å²) in [4.78, 5) is 28.0. The lowest BCUT2D eigenvalue weighted by molar-refractivity contribution is -0.133. The van der Waals surface area contributed by atoms with E-state index < -0.39 is 5.91 Å². The quantitative estimate of drug-likeness (QED) is 0.890. The van der Waals surface area contributed by atoms with Crippen LogP contribution in [-0.4, -0.2) is 49.5 Å². The number of piperazine rings is 1. The maximum atomic E-state index is 12.4. The summed E-state index contributed by atoms with van der Waals surface area (Å²) >= 11 is 0. The van der Waals surface area contributed by atoms with Crippen LogP contribution in [0.15, 0.2) is 48.5 Å². The van der Waals surface area contributed by atoms with E-state index in [0.29, 0.717) is 18.8 Å². The average molecular weight is 353 g/mol. The highest BCUT2D eigenvalue weighted by molar-refractivity contribution is 5.95. The molecule has 0 aliphatic carbocycles. The van der Waals surface area contributed by atoms with Crippen LogP contribution >= 0.6 is 0 Å². The predicted octanol–water partition coefficient (Wildman–Crippen LogP) is 1.82. The Morgan fingerprint density at radius 3 is 2.38 bits per heavy atom. The van der Waals surface area contributed by atoms with Gasteiger partial charge in [-0.25, -0.2) is 0 Å². The molecule has 1 heterocycles. The molecule has 0 radical (unpaired) electrons. The Balaban J connectivity index is 1.55. The van der Waals surface area contributed by atoms with Crippen molar-refractivity contribution in [1.82, 2.24) is 4.90 Å². The van der Waals surface area contributed by atoms with Crippen LogP contribution in [0.2, 0.25) is 0 Å². The molecule has 1 fully saturated rings.